The van der Waals surface area contributed by atoms with Crippen LogP contribution in [0.1, 0.15) is 17.5 Å². The summed E-state index contributed by atoms with van der Waals surface area (Å²) in [6.45, 7) is 1.15. The van der Waals surface area contributed by atoms with Gasteiger partial charge in [0.1, 0.15) is 16.6 Å². The van der Waals surface area contributed by atoms with Gasteiger partial charge in [0.2, 0.25) is 6.86 Å². The third kappa shape index (κ3) is 4.63. The molecular formula is C18H20FN5O2S2. The van der Waals surface area contributed by atoms with Gasteiger partial charge < -0.3 is 20.9 Å². The molecule has 0 fully saturated rings. The minimum absolute atomic E-state index is 0.336. The topological polar surface area (TPSA) is 109 Å². The fourth-order valence-electron chi connectivity index (χ4n) is 2.54. The van der Waals surface area contributed by atoms with Gasteiger partial charge in [0.05, 0.1) is 12.8 Å². The number of halogens is 1. The molecule has 0 aliphatic heterocycles. The second-order valence-corrected chi connectivity index (χ2v) is 7.68. The summed E-state index contributed by atoms with van der Waals surface area (Å²) in [6.07, 6.45) is 0.845. The van der Waals surface area contributed by atoms with E-state index in [1.165, 1.54) is 24.9 Å². The van der Waals surface area contributed by atoms with Gasteiger partial charge >= 0.3 is 0 Å². The van der Waals surface area contributed by atoms with Gasteiger partial charge in [0.15, 0.2) is 16.7 Å². The quantitative estimate of drug-likeness (QED) is 0.416. The number of alkyl halides is 1. The summed E-state index contributed by atoms with van der Waals surface area (Å²) in [6, 6.07) is 6.87. The van der Waals surface area contributed by atoms with Crippen LogP contribution in [0.25, 0.3) is 10.6 Å². The molecule has 0 saturated heterocycles. The Kier molecular flexibility index (Phi) is 6.53. The lowest BCUT2D eigenvalue weighted by Crippen LogP contribution is -1.99. The van der Waals surface area contributed by atoms with E-state index < -0.39 is 6.86 Å². The van der Waals surface area contributed by atoms with Crippen molar-refractivity contribution >= 4 is 34.7 Å². The van der Waals surface area contributed by atoms with Gasteiger partial charge in [-0.2, -0.15) is 0 Å². The lowest BCUT2D eigenvalue weighted by molar-refractivity contribution is 0.185. The summed E-state index contributed by atoms with van der Waals surface area (Å²) in [5, 5.41) is 1.34. The Morgan fingerprint density at radius 2 is 1.86 bits per heavy atom. The summed E-state index contributed by atoms with van der Waals surface area (Å²) >= 11 is 3.01. The Morgan fingerprint density at radius 3 is 2.50 bits per heavy atom. The van der Waals surface area contributed by atoms with Gasteiger partial charge in [-0.3, -0.25) is 0 Å². The Balaban J connectivity index is 1.85. The highest BCUT2D eigenvalue weighted by Crippen LogP contribution is 2.36. The summed E-state index contributed by atoms with van der Waals surface area (Å²) in [5.41, 5.74) is 13.2. The first-order valence-electron chi connectivity index (χ1n) is 8.42. The predicted molar refractivity (Wildman–Crippen MR) is 111 cm³/mol. The predicted octanol–water partition coefficient (Wildman–Crippen LogP) is 3.93. The first kappa shape index (κ1) is 20.2. The van der Waals surface area contributed by atoms with Crippen molar-refractivity contribution in [2.45, 2.75) is 24.3 Å². The molecule has 148 valence electrons. The lowest BCUT2D eigenvalue weighted by Gasteiger charge is -2.09. The molecule has 3 aromatic rings. The molecule has 0 unspecified atom stereocenters. The molecule has 28 heavy (non-hydrogen) atoms. The van der Waals surface area contributed by atoms with Crippen LogP contribution in [-0.2, 0) is 12.2 Å². The van der Waals surface area contributed by atoms with E-state index in [4.69, 9.17) is 25.9 Å². The van der Waals surface area contributed by atoms with Crippen LogP contribution in [0.2, 0.25) is 0 Å². The Hall–Kier alpha value is -2.59. The SMILES string of the molecule is CCc1sc(-c2ccc(OC)c(OCF)c2)nc1CSc1nc(N)cc(N)n1. The fourth-order valence-corrected chi connectivity index (χ4v) is 4.49. The first-order chi connectivity index (χ1) is 13.5. The van der Waals surface area contributed by atoms with Crippen molar-refractivity contribution in [2.24, 2.45) is 0 Å². The van der Waals surface area contributed by atoms with Crippen molar-refractivity contribution in [1.29, 1.82) is 0 Å². The van der Waals surface area contributed by atoms with Crippen LogP contribution in [0.5, 0.6) is 11.5 Å². The number of ether oxygens (including phenoxy) is 2. The molecule has 0 amide bonds. The van der Waals surface area contributed by atoms with E-state index in [0.29, 0.717) is 34.0 Å². The number of thiazole rings is 1. The zero-order valence-corrected chi connectivity index (χ0v) is 17.1. The maximum absolute atomic E-state index is 12.6. The highest BCUT2D eigenvalue weighted by Gasteiger charge is 2.15. The van der Waals surface area contributed by atoms with Gasteiger partial charge in [-0.15, -0.1) is 11.3 Å². The minimum atomic E-state index is -0.927. The van der Waals surface area contributed by atoms with E-state index in [1.807, 2.05) is 6.07 Å². The number of nitrogen functional groups attached to an aromatic ring is 2. The summed E-state index contributed by atoms with van der Waals surface area (Å²) < 4.78 is 22.9. The van der Waals surface area contributed by atoms with Gasteiger partial charge in [-0.05, 0) is 24.6 Å². The van der Waals surface area contributed by atoms with Crippen molar-refractivity contribution in [3.8, 4) is 22.1 Å². The molecule has 2 heterocycles. The first-order valence-corrected chi connectivity index (χ1v) is 10.2. The number of thioether (sulfide) groups is 1. The Morgan fingerprint density at radius 1 is 1.11 bits per heavy atom. The van der Waals surface area contributed by atoms with Crippen LogP contribution in [-0.4, -0.2) is 28.9 Å². The number of aryl methyl sites for hydroxylation is 1. The fraction of sp³-hybridized carbons (Fsp3) is 0.278. The van der Waals surface area contributed by atoms with E-state index in [1.54, 1.807) is 23.5 Å². The normalized spacial score (nSPS) is 10.8. The van der Waals surface area contributed by atoms with Gasteiger partial charge in [-0.25, -0.2) is 19.3 Å². The molecule has 0 atom stereocenters. The summed E-state index contributed by atoms with van der Waals surface area (Å²) in [7, 11) is 1.51. The molecule has 7 nitrogen and oxygen atoms in total. The number of nitrogens with zero attached hydrogens (tertiary/aromatic N) is 3. The van der Waals surface area contributed by atoms with E-state index in [-0.39, 0.29) is 0 Å². The highest BCUT2D eigenvalue weighted by molar-refractivity contribution is 7.98. The molecule has 2 aromatic heterocycles. The maximum Gasteiger partial charge on any atom is 0.228 e. The average molecular weight is 422 g/mol. The lowest BCUT2D eigenvalue weighted by atomic mass is 10.2. The zero-order chi connectivity index (χ0) is 20.1. The number of anilines is 2. The van der Waals surface area contributed by atoms with Gasteiger partial charge in [0.25, 0.3) is 0 Å². The van der Waals surface area contributed by atoms with Crippen LogP contribution >= 0.6 is 23.1 Å². The molecule has 0 saturated carbocycles. The number of methoxy groups -OCH3 is 1. The molecule has 10 heteroatoms. The standard InChI is InChI=1S/C18H20FN5O2S2/c1-3-14-11(8-27-18-23-15(20)7-16(21)24-18)22-17(28-14)10-4-5-12(25-2)13(6-10)26-9-19/h4-7H,3,8-9H2,1-2H3,(H4,20,21,23,24). The Labute approximate surface area is 170 Å². The monoisotopic (exact) mass is 421 g/mol. The molecule has 0 bridgehead atoms. The third-order valence-corrected chi connectivity index (χ3v) is 5.95. The number of rotatable bonds is 8. The van der Waals surface area contributed by atoms with E-state index in [0.717, 1.165) is 27.6 Å². The number of nitrogens with two attached hydrogens (primary N) is 2. The van der Waals surface area contributed by atoms with Gasteiger partial charge in [-0.1, -0.05) is 18.7 Å². The largest absolute Gasteiger partial charge is 0.493 e. The number of aromatic nitrogens is 3. The number of hydrogen-bond acceptors (Lipinski definition) is 9. The second-order valence-electron chi connectivity index (χ2n) is 5.65. The molecule has 3 rings (SSSR count). The van der Waals surface area contributed by atoms with Crippen LogP contribution in [0, 0.1) is 0 Å². The van der Waals surface area contributed by atoms with E-state index in [9.17, 15) is 4.39 Å². The average Bonchev–Trinajstić information content (AvgIpc) is 3.09. The second kappa shape index (κ2) is 9.07. The van der Waals surface area contributed by atoms with Crippen molar-refractivity contribution < 1.29 is 13.9 Å². The van der Waals surface area contributed by atoms with Crippen molar-refractivity contribution in [3.05, 3.63) is 34.8 Å². The van der Waals surface area contributed by atoms with E-state index >= 15 is 0 Å². The van der Waals surface area contributed by atoms with Crippen molar-refractivity contribution in [3.63, 3.8) is 0 Å². The summed E-state index contributed by atoms with van der Waals surface area (Å²) in [4.78, 5) is 14.3. The number of hydrogen-bond donors (Lipinski definition) is 2. The molecule has 0 aliphatic rings. The molecule has 4 N–H and O–H groups in total. The Bertz CT molecular complexity index is 947. The zero-order valence-electron chi connectivity index (χ0n) is 15.4. The number of benzene rings is 1. The van der Waals surface area contributed by atoms with Crippen LogP contribution < -0.4 is 20.9 Å². The third-order valence-electron chi connectivity index (χ3n) is 3.80. The van der Waals surface area contributed by atoms with Crippen LogP contribution in [0.15, 0.2) is 29.4 Å². The molecular weight excluding hydrogens is 401 g/mol. The van der Waals surface area contributed by atoms with Crippen LogP contribution in [0.3, 0.4) is 0 Å². The molecule has 1 aromatic carbocycles. The van der Waals surface area contributed by atoms with Crippen LogP contribution in [0.4, 0.5) is 16.0 Å². The summed E-state index contributed by atoms with van der Waals surface area (Å²) in [5.74, 6) is 2.08. The highest BCUT2D eigenvalue weighted by atomic mass is 32.2. The van der Waals surface area contributed by atoms with Gasteiger partial charge in [0, 0.05) is 22.3 Å². The van der Waals surface area contributed by atoms with E-state index in [2.05, 4.69) is 16.9 Å². The maximum atomic E-state index is 12.6. The van der Waals surface area contributed by atoms with Crippen molar-refractivity contribution in [1.82, 2.24) is 15.0 Å². The smallest absolute Gasteiger partial charge is 0.228 e. The molecule has 0 aliphatic carbocycles. The van der Waals surface area contributed by atoms with Crippen molar-refractivity contribution in [2.75, 3.05) is 25.4 Å². The minimum Gasteiger partial charge on any atom is -0.493 e. The molecule has 0 spiro atoms. The molecule has 0 radical (unpaired) electrons.